The molecule has 194 valence electrons. The molecule has 2 heterocycles. The van der Waals surface area contributed by atoms with Gasteiger partial charge in [-0.3, -0.25) is 4.79 Å². The van der Waals surface area contributed by atoms with Gasteiger partial charge in [-0.05, 0) is 43.3 Å². The van der Waals surface area contributed by atoms with E-state index >= 15 is 0 Å². The zero-order valence-corrected chi connectivity index (χ0v) is 20.6. The summed E-state index contributed by atoms with van der Waals surface area (Å²) in [7, 11) is 2.91. The SMILES string of the molecule is COc1cc(C(=O)NCC(C)(O)c2ccc(OC)c(-c3c[nH]c4c(F)cccc34)n2)ccc1OCCF. The van der Waals surface area contributed by atoms with Crippen LogP contribution in [0.4, 0.5) is 8.78 Å². The number of methoxy groups -OCH3 is 2. The number of halogens is 2. The van der Waals surface area contributed by atoms with Crippen molar-refractivity contribution in [2.75, 3.05) is 34.0 Å². The summed E-state index contributed by atoms with van der Waals surface area (Å²) in [6.07, 6.45) is 1.63. The van der Waals surface area contributed by atoms with Crippen LogP contribution in [0.25, 0.3) is 22.2 Å². The fraction of sp³-hybridized carbons (Fsp3) is 0.259. The average Bonchev–Trinajstić information content (AvgIpc) is 3.35. The lowest BCUT2D eigenvalue weighted by molar-refractivity contribution is 0.0489. The molecule has 4 rings (SSSR count). The van der Waals surface area contributed by atoms with Crippen LogP contribution in [-0.4, -0.2) is 55.0 Å². The Labute approximate surface area is 212 Å². The summed E-state index contributed by atoms with van der Waals surface area (Å²) in [6.45, 7) is 0.582. The first-order valence-corrected chi connectivity index (χ1v) is 11.5. The molecule has 0 saturated carbocycles. The number of fused-ring (bicyclic) bond motifs is 1. The Kier molecular flexibility index (Phi) is 7.58. The van der Waals surface area contributed by atoms with E-state index in [4.69, 9.17) is 14.2 Å². The Morgan fingerprint density at radius 1 is 1.11 bits per heavy atom. The lowest BCUT2D eigenvalue weighted by atomic mass is 9.99. The first-order chi connectivity index (χ1) is 17.8. The summed E-state index contributed by atoms with van der Waals surface area (Å²) in [6, 6.07) is 12.5. The lowest BCUT2D eigenvalue weighted by Crippen LogP contribution is -2.39. The molecule has 1 unspecified atom stereocenters. The number of para-hydroxylation sites is 1. The van der Waals surface area contributed by atoms with Gasteiger partial charge in [-0.15, -0.1) is 0 Å². The van der Waals surface area contributed by atoms with Crippen LogP contribution in [0.1, 0.15) is 23.0 Å². The van der Waals surface area contributed by atoms with Gasteiger partial charge in [0.05, 0.1) is 32.0 Å². The molecule has 1 amide bonds. The highest BCUT2D eigenvalue weighted by Crippen LogP contribution is 2.36. The number of aromatic nitrogens is 2. The molecule has 0 aliphatic carbocycles. The van der Waals surface area contributed by atoms with Crippen molar-refractivity contribution in [3.8, 4) is 28.5 Å². The van der Waals surface area contributed by atoms with E-state index in [2.05, 4.69) is 15.3 Å². The molecule has 0 bridgehead atoms. The maximum Gasteiger partial charge on any atom is 0.251 e. The third-order valence-corrected chi connectivity index (χ3v) is 5.90. The van der Waals surface area contributed by atoms with Crippen molar-refractivity contribution in [2.45, 2.75) is 12.5 Å². The minimum absolute atomic E-state index is 0.130. The Hall–Kier alpha value is -4.18. The number of ether oxygens (including phenoxy) is 3. The molecule has 10 heteroatoms. The molecule has 1 atom stereocenters. The van der Waals surface area contributed by atoms with E-state index in [1.54, 1.807) is 30.5 Å². The third-order valence-electron chi connectivity index (χ3n) is 5.90. The van der Waals surface area contributed by atoms with Crippen LogP contribution in [-0.2, 0) is 5.60 Å². The second-order valence-corrected chi connectivity index (χ2v) is 8.47. The fourth-order valence-corrected chi connectivity index (χ4v) is 3.94. The van der Waals surface area contributed by atoms with Crippen molar-refractivity contribution in [3.05, 3.63) is 71.8 Å². The van der Waals surface area contributed by atoms with Crippen molar-refractivity contribution >= 4 is 16.8 Å². The lowest BCUT2D eigenvalue weighted by Gasteiger charge is -2.24. The highest BCUT2D eigenvalue weighted by Gasteiger charge is 2.28. The average molecular weight is 512 g/mol. The van der Waals surface area contributed by atoms with Crippen molar-refractivity contribution < 1.29 is 32.9 Å². The minimum Gasteiger partial charge on any atom is -0.494 e. The summed E-state index contributed by atoms with van der Waals surface area (Å²) in [5.41, 5.74) is 0.350. The normalized spacial score (nSPS) is 12.7. The minimum atomic E-state index is -1.55. The molecule has 2 aromatic carbocycles. The summed E-state index contributed by atoms with van der Waals surface area (Å²) in [5, 5.41) is 14.5. The molecule has 0 aliphatic rings. The van der Waals surface area contributed by atoms with Gasteiger partial charge in [-0.2, -0.15) is 0 Å². The number of aromatic amines is 1. The highest BCUT2D eigenvalue weighted by molar-refractivity contribution is 5.96. The van der Waals surface area contributed by atoms with Gasteiger partial charge in [0.2, 0.25) is 0 Å². The van der Waals surface area contributed by atoms with E-state index in [1.165, 1.54) is 45.4 Å². The van der Waals surface area contributed by atoms with E-state index in [-0.39, 0.29) is 30.2 Å². The molecular formula is C27H27F2N3O5. The second-order valence-electron chi connectivity index (χ2n) is 8.47. The number of pyridine rings is 1. The number of nitrogens with one attached hydrogen (secondary N) is 2. The number of carbonyl (C=O) groups is 1. The van der Waals surface area contributed by atoms with Crippen LogP contribution in [0, 0.1) is 5.82 Å². The number of benzene rings is 2. The first-order valence-electron chi connectivity index (χ1n) is 11.5. The number of nitrogens with zero attached hydrogens (tertiary/aromatic N) is 1. The molecule has 0 saturated heterocycles. The fourth-order valence-electron chi connectivity index (χ4n) is 3.94. The Morgan fingerprint density at radius 2 is 1.86 bits per heavy atom. The highest BCUT2D eigenvalue weighted by atomic mass is 19.1. The van der Waals surface area contributed by atoms with Gasteiger partial charge in [0.15, 0.2) is 11.5 Å². The summed E-state index contributed by atoms with van der Waals surface area (Å²) in [4.78, 5) is 20.3. The van der Waals surface area contributed by atoms with Crippen molar-refractivity contribution in [2.24, 2.45) is 0 Å². The molecule has 0 radical (unpaired) electrons. The van der Waals surface area contributed by atoms with Crippen molar-refractivity contribution in [3.63, 3.8) is 0 Å². The molecule has 3 N–H and O–H groups in total. The third kappa shape index (κ3) is 5.34. The van der Waals surface area contributed by atoms with Gasteiger partial charge in [-0.1, -0.05) is 12.1 Å². The molecular weight excluding hydrogens is 484 g/mol. The second kappa shape index (κ2) is 10.8. The van der Waals surface area contributed by atoms with Crippen LogP contribution in [0.2, 0.25) is 0 Å². The number of alkyl halides is 1. The Balaban J connectivity index is 1.57. The van der Waals surface area contributed by atoms with Crippen LogP contribution in [0.3, 0.4) is 0 Å². The number of carbonyl (C=O) groups excluding carboxylic acids is 1. The van der Waals surface area contributed by atoms with Crippen molar-refractivity contribution in [1.29, 1.82) is 0 Å². The first kappa shape index (κ1) is 25.9. The predicted molar refractivity (Wildman–Crippen MR) is 134 cm³/mol. The van der Waals surface area contributed by atoms with E-state index < -0.39 is 24.0 Å². The number of hydrogen-bond acceptors (Lipinski definition) is 6. The maximum atomic E-state index is 14.2. The topological polar surface area (TPSA) is 106 Å². The zero-order chi connectivity index (χ0) is 26.6. The standard InChI is InChI=1S/C27H27F2N3O5/c1-27(34,15-31-26(33)16-7-8-20(37-12-11-28)22(13-16)36-3)23-10-9-21(35-2)25(32-23)18-14-30-24-17(18)5-4-6-19(24)29/h4-10,13-14,30,34H,11-12,15H2,1-3H3,(H,31,33). The maximum absolute atomic E-state index is 14.2. The Morgan fingerprint density at radius 3 is 2.59 bits per heavy atom. The monoisotopic (exact) mass is 511 g/mol. The van der Waals surface area contributed by atoms with Crippen LogP contribution < -0.4 is 19.5 Å². The van der Waals surface area contributed by atoms with Gasteiger partial charge in [0, 0.05) is 22.7 Å². The largest absolute Gasteiger partial charge is 0.494 e. The van der Waals surface area contributed by atoms with Crippen LogP contribution >= 0.6 is 0 Å². The van der Waals surface area contributed by atoms with Gasteiger partial charge >= 0.3 is 0 Å². The van der Waals surface area contributed by atoms with Gasteiger partial charge < -0.3 is 29.6 Å². The van der Waals surface area contributed by atoms with Crippen molar-refractivity contribution in [1.82, 2.24) is 15.3 Å². The summed E-state index contributed by atoms with van der Waals surface area (Å²) in [5.74, 6) is 0.180. The number of H-pyrrole nitrogens is 1. The van der Waals surface area contributed by atoms with E-state index in [0.29, 0.717) is 33.7 Å². The molecule has 37 heavy (non-hydrogen) atoms. The number of hydrogen-bond donors (Lipinski definition) is 3. The molecule has 0 spiro atoms. The van der Waals surface area contributed by atoms with Gasteiger partial charge in [-0.25, -0.2) is 13.8 Å². The van der Waals surface area contributed by atoms with E-state index in [0.717, 1.165) is 0 Å². The van der Waals surface area contributed by atoms with Crippen LogP contribution in [0.15, 0.2) is 54.7 Å². The van der Waals surface area contributed by atoms with Crippen LogP contribution in [0.5, 0.6) is 17.2 Å². The number of rotatable bonds is 10. The van der Waals surface area contributed by atoms with Gasteiger partial charge in [0.25, 0.3) is 5.91 Å². The predicted octanol–water partition coefficient (Wildman–Crippen LogP) is 4.37. The molecule has 0 aliphatic heterocycles. The molecule has 4 aromatic rings. The van der Waals surface area contributed by atoms with E-state index in [9.17, 15) is 18.7 Å². The molecule has 2 aromatic heterocycles. The Bertz CT molecular complexity index is 1420. The summed E-state index contributed by atoms with van der Waals surface area (Å²) < 4.78 is 42.6. The molecule has 8 nitrogen and oxygen atoms in total. The van der Waals surface area contributed by atoms with E-state index in [1.807, 2.05) is 0 Å². The number of amides is 1. The zero-order valence-electron chi connectivity index (χ0n) is 20.6. The number of aliphatic hydroxyl groups is 1. The quantitative estimate of drug-likeness (QED) is 0.292. The summed E-state index contributed by atoms with van der Waals surface area (Å²) >= 11 is 0. The smallest absolute Gasteiger partial charge is 0.251 e. The van der Waals surface area contributed by atoms with Gasteiger partial charge in [0.1, 0.15) is 36.1 Å². The molecule has 0 fully saturated rings.